The van der Waals surface area contributed by atoms with Gasteiger partial charge in [0, 0.05) is 22.8 Å². The Kier molecular flexibility index (Phi) is 5.65. The Morgan fingerprint density at radius 1 is 1.61 bits per heavy atom. The third-order valence-electron chi connectivity index (χ3n) is 2.71. The smallest absolute Gasteiger partial charge is 0.317 e. The molecule has 0 aromatic heterocycles. The molecule has 1 aliphatic rings. The molecule has 5 nitrogen and oxygen atoms in total. The minimum Gasteiger partial charge on any atom is -0.335 e. The number of urea groups is 1. The van der Waals surface area contributed by atoms with Gasteiger partial charge in [0.2, 0.25) is 0 Å². The van der Waals surface area contributed by atoms with Gasteiger partial charge in [-0.25, -0.2) is 13.2 Å². The van der Waals surface area contributed by atoms with Crippen LogP contribution >= 0.6 is 15.9 Å². The molecule has 104 valence electrons. The summed E-state index contributed by atoms with van der Waals surface area (Å²) in [6, 6.07) is -0.578. The summed E-state index contributed by atoms with van der Waals surface area (Å²) in [6.07, 6.45) is 2.85. The molecule has 1 rings (SSSR count). The van der Waals surface area contributed by atoms with Crippen molar-refractivity contribution in [2.75, 3.05) is 24.6 Å². The van der Waals surface area contributed by atoms with Gasteiger partial charge in [-0.1, -0.05) is 28.9 Å². The number of rotatable bonds is 4. The fourth-order valence-corrected chi connectivity index (χ4v) is 3.33. The summed E-state index contributed by atoms with van der Waals surface area (Å²) in [7, 11) is -3.06. The first-order chi connectivity index (χ1) is 8.34. The van der Waals surface area contributed by atoms with Crippen molar-refractivity contribution in [1.82, 2.24) is 10.2 Å². The Hall–Kier alpha value is -0.560. The lowest BCUT2D eigenvalue weighted by atomic mass is 10.2. The SMILES string of the molecule is CCS(=O)(=O)C[C@H](C)NC(=O)N1CCC=C(Br)C1. The molecule has 0 aliphatic carbocycles. The lowest BCUT2D eigenvalue weighted by molar-refractivity contribution is 0.199. The van der Waals surface area contributed by atoms with Crippen molar-refractivity contribution in [2.24, 2.45) is 0 Å². The number of amides is 2. The van der Waals surface area contributed by atoms with Gasteiger partial charge in [0.1, 0.15) is 0 Å². The zero-order valence-electron chi connectivity index (χ0n) is 10.6. The molecular weight excluding hydrogens is 320 g/mol. The van der Waals surface area contributed by atoms with Crippen molar-refractivity contribution >= 4 is 31.8 Å². The predicted molar refractivity (Wildman–Crippen MR) is 75.5 cm³/mol. The first-order valence-electron chi connectivity index (χ1n) is 5.94. The van der Waals surface area contributed by atoms with Gasteiger partial charge in [-0.3, -0.25) is 0 Å². The lowest BCUT2D eigenvalue weighted by Gasteiger charge is -2.27. The highest BCUT2D eigenvalue weighted by Crippen LogP contribution is 2.14. The van der Waals surface area contributed by atoms with Crippen LogP contribution in [0.2, 0.25) is 0 Å². The lowest BCUT2D eigenvalue weighted by Crippen LogP contribution is -2.47. The second-order valence-corrected chi connectivity index (χ2v) is 7.83. The van der Waals surface area contributed by atoms with E-state index in [-0.39, 0.29) is 23.6 Å². The van der Waals surface area contributed by atoms with Crippen molar-refractivity contribution < 1.29 is 13.2 Å². The maximum absolute atomic E-state index is 11.9. The van der Waals surface area contributed by atoms with Crippen LogP contribution in [-0.2, 0) is 9.84 Å². The van der Waals surface area contributed by atoms with Crippen molar-refractivity contribution in [1.29, 1.82) is 0 Å². The molecule has 1 N–H and O–H groups in total. The molecule has 0 aromatic rings. The molecule has 0 radical (unpaired) electrons. The zero-order chi connectivity index (χ0) is 13.8. The summed E-state index contributed by atoms with van der Waals surface area (Å²) in [6.45, 7) is 4.52. The molecule has 0 saturated carbocycles. The van der Waals surface area contributed by atoms with Crippen LogP contribution < -0.4 is 5.32 Å². The number of sulfone groups is 1. The van der Waals surface area contributed by atoms with Gasteiger partial charge in [-0.05, 0) is 13.3 Å². The van der Waals surface area contributed by atoms with E-state index in [1.165, 1.54) is 0 Å². The van der Waals surface area contributed by atoms with Crippen molar-refractivity contribution in [3.63, 3.8) is 0 Å². The summed E-state index contributed by atoms with van der Waals surface area (Å²) >= 11 is 3.37. The molecule has 2 amide bonds. The molecule has 0 bridgehead atoms. The van der Waals surface area contributed by atoms with Gasteiger partial charge in [-0.2, -0.15) is 0 Å². The van der Waals surface area contributed by atoms with Crippen LogP contribution in [0.4, 0.5) is 4.79 Å². The summed E-state index contributed by atoms with van der Waals surface area (Å²) in [5.74, 6) is 0.0886. The Balaban J connectivity index is 2.47. The minimum atomic E-state index is -3.06. The Bertz CT molecular complexity index is 434. The molecule has 0 aromatic carbocycles. The number of hydrogen-bond acceptors (Lipinski definition) is 3. The molecule has 1 aliphatic heterocycles. The highest BCUT2D eigenvalue weighted by atomic mass is 79.9. The van der Waals surface area contributed by atoms with Gasteiger partial charge in [0.25, 0.3) is 0 Å². The van der Waals surface area contributed by atoms with E-state index in [1.807, 2.05) is 6.08 Å². The number of halogens is 1. The molecule has 0 saturated heterocycles. The summed E-state index contributed by atoms with van der Waals surface area (Å²) in [5, 5.41) is 2.72. The van der Waals surface area contributed by atoms with Crippen molar-refractivity contribution in [2.45, 2.75) is 26.3 Å². The molecule has 18 heavy (non-hydrogen) atoms. The molecule has 0 fully saturated rings. The zero-order valence-corrected chi connectivity index (χ0v) is 13.1. The summed E-state index contributed by atoms with van der Waals surface area (Å²) in [5.41, 5.74) is 0. The predicted octanol–water partition coefficient (Wildman–Crippen LogP) is 1.50. The molecule has 1 heterocycles. The van der Waals surface area contributed by atoms with Crippen LogP contribution in [0.25, 0.3) is 0 Å². The number of hydrogen-bond donors (Lipinski definition) is 1. The maximum atomic E-state index is 11.9. The topological polar surface area (TPSA) is 66.5 Å². The largest absolute Gasteiger partial charge is 0.335 e. The number of carbonyl (C=O) groups excluding carboxylic acids is 1. The van der Waals surface area contributed by atoms with E-state index in [2.05, 4.69) is 21.2 Å². The average Bonchev–Trinajstić information content (AvgIpc) is 2.28. The molecule has 0 unspecified atom stereocenters. The first kappa shape index (κ1) is 15.5. The molecular formula is C11H19BrN2O3S. The normalized spacial score (nSPS) is 18.2. The van der Waals surface area contributed by atoms with Crippen LogP contribution in [0.3, 0.4) is 0 Å². The van der Waals surface area contributed by atoms with E-state index >= 15 is 0 Å². The Morgan fingerprint density at radius 2 is 2.28 bits per heavy atom. The van der Waals surface area contributed by atoms with Crippen molar-refractivity contribution in [3.05, 3.63) is 10.6 Å². The van der Waals surface area contributed by atoms with E-state index in [0.717, 1.165) is 10.9 Å². The van der Waals surface area contributed by atoms with Crippen LogP contribution in [-0.4, -0.2) is 50.0 Å². The molecule has 0 spiro atoms. The fourth-order valence-electron chi connectivity index (χ4n) is 1.72. The third-order valence-corrected chi connectivity index (χ3v) is 5.17. The second-order valence-electron chi connectivity index (χ2n) is 4.41. The Labute approximate surface area is 117 Å². The van der Waals surface area contributed by atoms with E-state index in [4.69, 9.17) is 0 Å². The monoisotopic (exact) mass is 338 g/mol. The van der Waals surface area contributed by atoms with E-state index in [1.54, 1.807) is 18.7 Å². The van der Waals surface area contributed by atoms with Crippen LogP contribution in [0.1, 0.15) is 20.3 Å². The number of nitrogens with zero attached hydrogens (tertiary/aromatic N) is 1. The van der Waals surface area contributed by atoms with Crippen LogP contribution in [0.5, 0.6) is 0 Å². The van der Waals surface area contributed by atoms with Crippen molar-refractivity contribution in [3.8, 4) is 0 Å². The summed E-state index contributed by atoms with van der Waals surface area (Å²) in [4.78, 5) is 13.6. The van der Waals surface area contributed by atoms with Gasteiger partial charge in [-0.15, -0.1) is 0 Å². The quantitative estimate of drug-likeness (QED) is 0.844. The average molecular weight is 339 g/mol. The second kappa shape index (κ2) is 6.56. The van der Waals surface area contributed by atoms with E-state index in [0.29, 0.717) is 13.1 Å². The first-order valence-corrected chi connectivity index (χ1v) is 8.56. The van der Waals surface area contributed by atoms with Crippen LogP contribution in [0.15, 0.2) is 10.6 Å². The summed E-state index contributed by atoms with van der Waals surface area (Å²) < 4.78 is 23.9. The fraction of sp³-hybridized carbons (Fsp3) is 0.727. The standard InChI is InChI=1S/C11H19BrN2O3S/c1-3-18(16,17)8-9(2)13-11(15)14-6-4-5-10(12)7-14/h5,9H,3-4,6-8H2,1-2H3,(H,13,15)/t9-/m0/s1. The molecule has 1 atom stereocenters. The minimum absolute atomic E-state index is 0.0138. The van der Waals surface area contributed by atoms with Crippen LogP contribution in [0, 0.1) is 0 Å². The van der Waals surface area contributed by atoms with Gasteiger partial charge >= 0.3 is 6.03 Å². The highest BCUT2D eigenvalue weighted by Gasteiger charge is 2.20. The van der Waals surface area contributed by atoms with E-state index < -0.39 is 9.84 Å². The van der Waals surface area contributed by atoms with Gasteiger partial charge in [0.05, 0.1) is 12.3 Å². The number of carbonyl (C=O) groups is 1. The van der Waals surface area contributed by atoms with Gasteiger partial charge in [0.15, 0.2) is 9.84 Å². The molecule has 7 heteroatoms. The number of nitrogens with one attached hydrogen (secondary N) is 1. The third kappa shape index (κ3) is 4.97. The maximum Gasteiger partial charge on any atom is 0.317 e. The van der Waals surface area contributed by atoms with E-state index in [9.17, 15) is 13.2 Å². The Morgan fingerprint density at radius 3 is 2.83 bits per heavy atom. The van der Waals surface area contributed by atoms with Gasteiger partial charge < -0.3 is 10.2 Å². The highest BCUT2D eigenvalue weighted by molar-refractivity contribution is 9.11.